The summed E-state index contributed by atoms with van der Waals surface area (Å²) in [6, 6.07) is 0.267. The third kappa shape index (κ3) is 7.07. The minimum atomic E-state index is 0.135. The van der Waals surface area contributed by atoms with Gasteiger partial charge in [0, 0.05) is 18.3 Å². The molecule has 0 bridgehead atoms. The first-order valence-corrected chi connectivity index (χ1v) is 5.70. The standard InChI is InChI=1S/C14H23NO/c1-5-7-8-12(3)15-13(4)11-14(6-2)9-10-16/h6-8,11-12,15-16H,2,4-5,9-10H2,1,3H3/b8-7-,14-11+. The molecule has 1 unspecified atom stereocenters. The van der Waals surface area contributed by atoms with Crippen LogP contribution in [0, 0.1) is 0 Å². The molecule has 0 aliphatic heterocycles. The van der Waals surface area contributed by atoms with Crippen LogP contribution in [0.3, 0.4) is 0 Å². The quantitative estimate of drug-likeness (QED) is 0.488. The average Bonchev–Trinajstić information content (AvgIpc) is 2.25. The molecule has 0 aliphatic rings. The molecule has 0 aromatic heterocycles. The first kappa shape index (κ1) is 14.7. The van der Waals surface area contributed by atoms with Crippen LogP contribution in [0.5, 0.6) is 0 Å². The van der Waals surface area contributed by atoms with Crippen LogP contribution in [0.25, 0.3) is 0 Å². The molecular formula is C14H23NO. The van der Waals surface area contributed by atoms with Crippen molar-refractivity contribution in [3.63, 3.8) is 0 Å². The Balaban J connectivity index is 4.24. The molecule has 0 saturated heterocycles. The summed E-state index contributed by atoms with van der Waals surface area (Å²) in [5, 5.41) is 12.1. The molecule has 2 nitrogen and oxygen atoms in total. The molecule has 2 heteroatoms. The fraction of sp³-hybridized carbons (Fsp3) is 0.429. The molecular weight excluding hydrogens is 198 g/mol. The zero-order valence-electron chi connectivity index (χ0n) is 10.4. The topological polar surface area (TPSA) is 32.3 Å². The molecule has 0 saturated carbocycles. The van der Waals surface area contributed by atoms with E-state index in [1.165, 1.54) is 0 Å². The molecule has 2 N–H and O–H groups in total. The van der Waals surface area contributed by atoms with Crippen molar-refractivity contribution in [1.82, 2.24) is 5.32 Å². The van der Waals surface area contributed by atoms with Gasteiger partial charge in [-0.3, -0.25) is 0 Å². The van der Waals surface area contributed by atoms with E-state index < -0.39 is 0 Å². The Hall–Kier alpha value is -1.28. The summed E-state index contributed by atoms with van der Waals surface area (Å²) in [5.41, 5.74) is 1.84. The third-order valence-electron chi connectivity index (χ3n) is 2.10. The summed E-state index contributed by atoms with van der Waals surface area (Å²) < 4.78 is 0. The van der Waals surface area contributed by atoms with Crippen molar-refractivity contribution >= 4 is 0 Å². The fourth-order valence-corrected chi connectivity index (χ4v) is 1.31. The predicted octanol–water partition coefficient (Wildman–Crippen LogP) is 2.94. The highest BCUT2D eigenvalue weighted by atomic mass is 16.2. The van der Waals surface area contributed by atoms with Crippen molar-refractivity contribution in [3.8, 4) is 0 Å². The highest BCUT2D eigenvalue weighted by molar-refractivity contribution is 5.27. The van der Waals surface area contributed by atoms with E-state index in [0.29, 0.717) is 6.42 Å². The van der Waals surface area contributed by atoms with Crippen LogP contribution < -0.4 is 5.32 Å². The molecule has 0 spiro atoms. The van der Waals surface area contributed by atoms with Gasteiger partial charge in [0.05, 0.1) is 0 Å². The SMILES string of the molecule is C=C/C(=C\C(=C)NC(C)/C=C\CC)CCO. The Morgan fingerprint density at radius 3 is 2.69 bits per heavy atom. The van der Waals surface area contributed by atoms with Gasteiger partial charge in [-0.05, 0) is 31.4 Å². The van der Waals surface area contributed by atoms with Crippen molar-refractivity contribution in [2.75, 3.05) is 6.61 Å². The Labute approximate surface area is 99.1 Å². The average molecular weight is 221 g/mol. The Bertz CT molecular complexity index is 276. The van der Waals surface area contributed by atoms with Gasteiger partial charge >= 0.3 is 0 Å². The lowest BCUT2D eigenvalue weighted by Gasteiger charge is -2.12. The van der Waals surface area contributed by atoms with E-state index in [4.69, 9.17) is 5.11 Å². The van der Waals surface area contributed by atoms with Crippen LogP contribution in [0.1, 0.15) is 26.7 Å². The summed E-state index contributed by atoms with van der Waals surface area (Å²) >= 11 is 0. The summed E-state index contributed by atoms with van der Waals surface area (Å²) in [4.78, 5) is 0. The first-order valence-electron chi connectivity index (χ1n) is 5.70. The van der Waals surface area contributed by atoms with Gasteiger partial charge in [0.25, 0.3) is 0 Å². The van der Waals surface area contributed by atoms with Crippen molar-refractivity contribution in [1.29, 1.82) is 0 Å². The van der Waals surface area contributed by atoms with Crippen molar-refractivity contribution in [2.24, 2.45) is 0 Å². The molecule has 0 heterocycles. The van der Waals surface area contributed by atoms with Crippen LogP contribution in [-0.2, 0) is 0 Å². The first-order chi connectivity index (χ1) is 7.63. The van der Waals surface area contributed by atoms with Gasteiger partial charge in [-0.1, -0.05) is 38.3 Å². The Morgan fingerprint density at radius 2 is 2.19 bits per heavy atom. The van der Waals surface area contributed by atoms with E-state index in [2.05, 4.69) is 44.5 Å². The molecule has 0 rings (SSSR count). The number of aliphatic hydroxyl groups excluding tert-OH is 1. The molecule has 0 amide bonds. The highest BCUT2D eigenvalue weighted by Crippen LogP contribution is 2.05. The number of rotatable bonds is 8. The second kappa shape index (κ2) is 8.98. The van der Waals surface area contributed by atoms with Gasteiger partial charge in [0.1, 0.15) is 0 Å². The van der Waals surface area contributed by atoms with E-state index in [-0.39, 0.29) is 12.6 Å². The summed E-state index contributed by atoms with van der Waals surface area (Å²) in [6.07, 6.45) is 9.55. The number of hydrogen-bond donors (Lipinski definition) is 2. The van der Waals surface area contributed by atoms with E-state index in [1.807, 2.05) is 6.08 Å². The van der Waals surface area contributed by atoms with Crippen LogP contribution in [-0.4, -0.2) is 17.8 Å². The molecule has 0 fully saturated rings. The maximum absolute atomic E-state index is 8.83. The smallest absolute Gasteiger partial charge is 0.0471 e. The van der Waals surface area contributed by atoms with Crippen LogP contribution in [0.4, 0.5) is 0 Å². The van der Waals surface area contributed by atoms with Gasteiger partial charge in [0.2, 0.25) is 0 Å². The van der Waals surface area contributed by atoms with Crippen molar-refractivity contribution < 1.29 is 5.11 Å². The molecule has 0 aliphatic carbocycles. The lowest BCUT2D eigenvalue weighted by molar-refractivity contribution is 0.300. The second-order valence-corrected chi connectivity index (χ2v) is 3.69. The molecule has 90 valence electrons. The number of aliphatic hydroxyl groups is 1. The largest absolute Gasteiger partial charge is 0.396 e. The van der Waals surface area contributed by atoms with Crippen molar-refractivity contribution in [3.05, 3.63) is 48.7 Å². The summed E-state index contributed by atoms with van der Waals surface area (Å²) in [5.74, 6) is 0. The van der Waals surface area contributed by atoms with E-state index in [0.717, 1.165) is 17.7 Å². The van der Waals surface area contributed by atoms with Gasteiger partial charge < -0.3 is 10.4 Å². The van der Waals surface area contributed by atoms with Gasteiger partial charge in [0.15, 0.2) is 0 Å². The Morgan fingerprint density at radius 1 is 1.50 bits per heavy atom. The molecule has 0 aromatic carbocycles. The molecule has 16 heavy (non-hydrogen) atoms. The highest BCUT2D eigenvalue weighted by Gasteiger charge is 1.97. The zero-order chi connectivity index (χ0) is 12.4. The minimum absolute atomic E-state index is 0.135. The molecule has 0 aromatic rings. The number of nitrogens with one attached hydrogen (secondary N) is 1. The fourth-order valence-electron chi connectivity index (χ4n) is 1.31. The zero-order valence-corrected chi connectivity index (χ0v) is 10.4. The maximum atomic E-state index is 8.83. The summed E-state index contributed by atoms with van der Waals surface area (Å²) in [7, 11) is 0. The van der Waals surface area contributed by atoms with Gasteiger partial charge in [-0.2, -0.15) is 0 Å². The van der Waals surface area contributed by atoms with E-state index in [1.54, 1.807) is 6.08 Å². The monoisotopic (exact) mass is 221 g/mol. The van der Waals surface area contributed by atoms with E-state index >= 15 is 0 Å². The number of hydrogen-bond acceptors (Lipinski definition) is 2. The predicted molar refractivity (Wildman–Crippen MR) is 71.2 cm³/mol. The molecule has 1 atom stereocenters. The Kier molecular flexibility index (Phi) is 8.26. The molecule has 0 radical (unpaired) electrons. The van der Waals surface area contributed by atoms with Crippen molar-refractivity contribution in [2.45, 2.75) is 32.7 Å². The maximum Gasteiger partial charge on any atom is 0.0471 e. The van der Waals surface area contributed by atoms with Gasteiger partial charge in [-0.15, -0.1) is 0 Å². The lowest BCUT2D eigenvalue weighted by Crippen LogP contribution is -2.21. The normalized spacial score (nSPS) is 13.8. The second-order valence-electron chi connectivity index (χ2n) is 3.69. The summed E-state index contributed by atoms with van der Waals surface area (Å²) in [6.45, 7) is 11.9. The van der Waals surface area contributed by atoms with Crippen LogP contribution >= 0.6 is 0 Å². The van der Waals surface area contributed by atoms with E-state index in [9.17, 15) is 0 Å². The minimum Gasteiger partial charge on any atom is -0.396 e. The van der Waals surface area contributed by atoms with Crippen LogP contribution in [0.15, 0.2) is 48.7 Å². The number of allylic oxidation sites excluding steroid dienone is 3. The lowest BCUT2D eigenvalue weighted by atomic mass is 10.1. The third-order valence-corrected chi connectivity index (χ3v) is 2.10. The van der Waals surface area contributed by atoms with Crippen LogP contribution in [0.2, 0.25) is 0 Å². The van der Waals surface area contributed by atoms with Gasteiger partial charge in [-0.25, -0.2) is 0 Å².